The van der Waals surface area contributed by atoms with E-state index < -0.39 is 48.0 Å². The molecule has 0 aliphatic heterocycles. The van der Waals surface area contributed by atoms with E-state index in [4.69, 9.17) is 26.7 Å². The number of nitrogens with one attached hydrogen (secondary N) is 3. The van der Waals surface area contributed by atoms with E-state index in [1.807, 2.05) is 35.8 Å². The standard InChI is InChI=1S/C39H52N12O7/c1-6-50(20-30-47-33-34(51(30)22-39(4,5)57)27-11-7-8-12-28(27)46-35(33)40)38(56)58-21-24-13-15-26(16-14-24)45-36(54)25(10-9-17-43-37(41)55)18-29(52)32(23(2)3)48-31(53)19-44-49-42/h7-8,11-16,23,25,32,57H,6,9-10,17-22H2,1-5H3,(H2,40,46)(H,45,54)(H,48,53)(H3,41,43,55)/t25-,32+/m1/s1. The zero-order valence-corrected chi connectivity index (χ0v) is 33.4. The van der Waals surface area contributed by atoms with Crippen molar-refractivity contribution in [2.24, 2.45) is 22.7 Å². The molecule has 2 heterocycles. The second kappa shape index (κ2) is 20.1. The van der Waals surface area contributed by atoms with E-state index in [2.05, 4.69) is 31.0 Å². The molecule has 58 heavy (non-hydrogen) atoms. The Morgan fingerprint density at radius 3 is 2.43 bits per heavy atom. The predicted molar refractivity (Wildman–Crippen MR) is 218 cm³/mol. The number of anilines is 2. The summed E-state index contributed by atoms with van der Waals surface area (Å²) in [5, 5.41) is 22.7. The maximum absolute atomic E-state index is 13.5. The van der Waals surface area contributed by atoms with E-state index in [1.54, 1.807) is 52.0 Å². The van der Waals surface area contributed by atoms with Gasteiger partial charge < -0.3 is 46.7 Å². The van der Waals surface area contributed by atoms with Crippen LogP contribution in [0.15, 0.2) is 53.6 Å². The summed E-state index contributed by atoms with van der Waals surface area (Å²) in [6.45, 7) is 8.88. The number of hydrogen-bond acceptors (Lipinski definition) is 11. The minimum atomic E-state index is -1.11. The number of ketones is 1. The number of para-hydroxylation sites is 1. The summed E-state index contributed by atoms with van der Waals surface area (Å²) in [6, 6.07) is 12.5. The smallest absolute Gasteiger partial charge is 0.410 e. The van der Waals surface area contributed by atoms with Crippen molar-refractivity contribution in [3.63, 3.8) is 0 Å². The van der Waals surface area contributed by atoms with Crippen LogP contribution in [0, 0.1) is 11.8 Å². The third-order valence-corrected chi connectivity index (χ3v) is 9.24. The van der Waals surface area contributed by atoms with Crippen LogP contribution < -0.4 is 27.4 Å². The average Bonchev–Trinajstić information content (AvgIpc) is 3.52. The molecule has 8 N–H and O–H groups in total. The van der Waals surface area contributed by atoms with Crippen molar-refractivity contribution < 1.29 is 33.8 Å². The van der Waals surface area contributed by atoms with Crippen LogP contribution in [-0.2, 0) is 38.8 Å². The number of imidazole rings is 1. The van der Waals surface area contributed by atoms with Crippen LogP contribution in [0.5, 0.6) is 0 Å². The summed E-state index contributed by atoms with van der Waals surface area (Å²) in [7, 11) is 0. The van der Waals surface area contributed by atoms with Gasteiger partial charge in [-0.3, -0.25) is 14.4 Å². The van der Waals surface area contributed by atoms with Gasteiger partial charge in [0.15, 0.2) is 11.6 Å². The van der Waals surface area contributed by atoms with E-state index in [1.165, 1.54) is 4.90 Å². The van der Waals surface area contributed by atoms with Crippen LogP contribution in [0.4, 0.5) is 21.1 Å². The molecule has 2 aromatic heterocycles. The van der Waals surface area contributed by atoms with Gasteiger partial charge in [0.2, 0.25) is 11.8 Å². The fourth-order valence-electron chi connectivity index (χ4n) is 6.41. The van der Waals surface area contributed by atoms with Crippen molar-refractivity contribution in [2.75, 3.05) is 30.7 Å². The van der Waals surface area contributed by atoms with E-state index >= 15 is 0 Å². The van der Waals surface area contributed by atoms with Gasteiger partial charge in [-0.2, -0.15) is 0 Å². The summed E-state index contributed by atoms with van der Waals surface area (Å²) < 4.78 is 7.54. The number of ether oxygens (including phenoxy) is 1. The number of pyridine rings is 1. The predicted octanol–water partition coefficient (Wildman–Crippen LogP) is 4.51. The third kappa shape index (κ3) is 12.3. The normalized spacial score (nSPS) is 12.4. The lowest BCUT2D eigenvalue weighted by atomic mass is 9.89. The molecule has 19 heteroatoms. The minimum Gasteiger partial charge on any atom is -0.445 e. The van der Waals surface area contributed by atoms with Crippen LogP contribution in [0.2, 0.25) is 0 Å². The van der Waals surface area contributed by atoms with Crippen molar-refractivity contribution in [1.29, 1.82) is 0 Å². The molecular weight excluding hydrogens is 749 g/mol. The van der Waals surface area contributed by atoms with Crippen LogP contribution >= 0.6 is 0 Å². The Kier molecular flexibility index (Phi) is 15.3. The number of nitrogen functional groups attached to an aromatic ring is 1. The molecule has 5 amide bonds. The summed E-state index contributed by atoms with van der Waals surface area (Å²) in [6.07, 6.45) is -0.219. The Bertz CT molecular complexity index is 2160. The van der Waals surface area contributed by atoms with Gasteiger partial charge in [-0.25, -0.2) is 19.6 Å². The average molecular weight is 801 g/mol. The van der Waals surface area contributed by atoms with Gasteiger partial charge in [-0.1, -0.05) is 49.3 Å². The number of primary amides is 1. The van der Waals surface area contributed by atoms with Crippen LogP contribution in [-0.4, -0.2) is 85.5 Å². The van der Waals surface area contributed by atoms with Crippen molar-refractivity contribution in [2.45, 2.75) is 85.2 Å². The van der Waals surface area contributed by atoms with Crippen molar-refractivity contribution >= 4 is 63.2 Å². The number of hydrogen-bond donors (Lipinski definition) is 6. The monoisotopic (exact) mass is 800 g/mol. The molecule has 2 aromatic carbocycles. The van der Waals surface area contributed by atoms with Gasteiger partial charge in [0.1, 0.15) is 24.5 Å². The molecule has 2 atom stereocenters. The molecule has 0 saturated heterocycles. The fraction of sp³-hybridized carbons (Fsp3) is 0.462. The molecule has 19 nitrogen and oxygen atoms in total. The Balaban J connectivity index is 1.43. The zero-order chi connectivity index (χ0) is 42.6. The first-order valence-corrected chi connectivity index (χ1v) is 18.9. The maximum atomic E-state index is 13.5. The number of fused-ring (bicyclic) bond motifs is 3. The summed E-state index contributed by atoms with van der Waals surface area (Å²) >= 11 is 0. The molecule has 0 aliphatic rings. The quantitative estimate of drug-likeness (QED) is 0.0315. The fourth-order valence-corrected chi connectivity index (χ4v) is 6.41. The lowest BCUT2D eigenvalue weighted by molar-refractivity contribution is -0.130. The van der Waals surface area contributed by atoms with Crippen molar-refractivity contribution in [3.05, 3.63) is 70.4 Å². The van der Waals surface area contributed by atoms with E-state index in [0.717, 1.165) is 5.39 Å². The lowest BCUT2D eigenvalue weighted by Gasteiger charge is -2.24. The van der Waals surface area contributed by atoms with E-state index in [-0.39, 0.29) is 56.6 Å². The molecule has 0 aliphatic carbocycles. The van der Waals surface area contributed by atoms with Crippen molar-refractivity contribution in [1.82, 2.24) is 30.1 Å². The summed E-state index contributed by atoms with van der Waals surface area (Å²) in [5.74, 6) is -1.84. The number of carbonyl (C=O) groups is 5. The number of carbonyl (C=O) groups excluding carboxylic acids is 5. The number of aliphatic hydroxyl groups is 1. The Morgan fingerprint density at radius 1 is 1.09 bits per heavy atom. The molecule has 310 valence electrons. The molecule has 0 unspecified atom stereocenters. The van der Waals surface area contributed by atoms with Gasteiger partial charge >= 0.3 is 12.1 Å². The molecular formula is C39H52N12O7. The van der Waals surface area contributed by atoms with Gasteiger partial charge in [0.05, 0.1) is 35.8 Å². The SMILES string of the molecule is CCN(Cc1nc2c(N)nc3ccccc3c2n1CC(C)(C)O)C(=O)OCc1ccc(NC(=O)[C@H](CCCNC(N)=O)CC(=O)[C@@H](NC(=O)CN=[N+]=[N-])C(C)C)cc1. The van der Waals surface area contributed by atoms with Gasteiger partial charge in [0, 0.05) is 41.4 Å². The Hall–Kier alpha value is -6.46. The third-order valence-electron chi connectivity index (χ3n) is 9.24. The molecule has 0 spiro atoms. The number of aromatic nitrogens is 3. The number of Topliss-reactive ketones (excluding diaryl/α,β-unsaturated/α-hetero) is 1. The largest absolute Gasteiger partial charge is 0.445 e. The van der Waals surface area contributed by atoms with Gasteiger partial charge in [-0.15, -0.1) is 0 Å². The number of rotatable bonds is 20. The first-order valence-electron chi connectivity index (χ1n) is 18.9. The second-order valence-corrected chi connectivity index (χ2v) is 14.9. The molecule has 0 fully saturated rings. The Morgan fingerprint density at radius 2 is 1.79 bits per heavy atom. The number of azide groups is 1. The van der Waals surface area contributed by atoms with Gasteiger partial charge in [0.25, 0.3) is 0 Å². The highest BCUT2D eigenvalue weighted by Crippen LogP contribution is 2.30. The van der Waals surface area contributed by atoms with Crippen LogP contribution in [0.3, 0.4) is 0 Å². The van der Waals surface area contributed by atoms with E-state index in [0.29, 0.717) is 46.6 Å². The number of urea groups is 1. The first-order chi connectivity index (χ1) is 27.5. The Labute approximate surface area is 335 Å². The van der Waals surface area contributed by atoms with Gasteiger partial charge in [-0.05, 0) is 68.8 Å². The highest BCUT2D eigenvalue weighted by molar-refractivity contribution is 6.06. The van der Waals surface area contributed by atoms with Crippen LogP contribution in [0.25, 0.3) is 32.4 Å². The minimum absolute atomic E-state index is 0.0706. The lowest BCUT2D eigenvalue weighted by Crippen LogP contribution is -2.46. The number of amides is 5. The molecule has 4 aromatic rings. The molecule has 4 rings (SSSR count). The molecule has 0 saturated carbocycles. The zero-order valence-electron chi connectivity index (χ0n) is 33.4. The topological polar surface area (TPSA) is 286 Å². The second-order valence-electron chi connectivity index (χ2n) is 14.9. The van der Waals surface area contributed by atoms with Crippen LogP contribution in [0.1, 0.15) is 65.3 Å². The summed E-state index contributed by atoms with van der Waals surface area (Å²) in [5.41, 5.74) is 21.8. The van der Waals surface area contributed by atoms with Crippen molar-refractivity contribution in [3.8, 4) is 0 Å². The highest BCUT2D eigenvalue weighted by Gasteiger charge is 2.30. The first kappa shape index (κ1) is 44.3. The highest BCUT2D eigenvalue weighted by atomic mass is 16.6. The molecule has 0 bridgehead atoms. The maximum Gasteiger partial charge on any atom is 0.410 e. The number of nitrogens with two attached hydrogens (primary N) is 2. The number of benzene rings is 2. The molecule has 0 radical (unpaired) electrons. The number of nitrogens with zero attached hydrogens (tertiary/aromatic N) is 7. The summed E-state index contributed by atoms with van der Waals surface area (Å²) in [4.78, 5) is 77.0. The van der Waals surface area contributed by atoms with E-state index in [9.17, 15) is 29.1 Å².